The van der Waals surface area contributed by atoms with Gasteiger partial charge in [-0.25, -0.2) is 0 Å². The Hall–Kier alpha value is -2.53. The third-order valence-corrected chi connectivity index (χ3v) is 5.01. The standard InChI is InChI=1S/C17H16N2O2S/c18-17(20)14-6-7-16(19-10-14)22-9-8-15(12-22)21-11-13-4-2-1-3-5-13/h1-10,12,22H,11H2,(H2,18,20). The molecule has 112 valence electrons. The summed E-state index contributed by atoms with van der Waals surface area (Å²) in [4.78, 5) is 15.4. The zero-order chi connectivity index (χ0) is 15.4. The summed E-state index contributed by atoms with van der Waals surface area (Å²) in [6.07, 6.45) is 3.49. The summed E-state index contributed by atoms with van der Waals surface area (Å²) in [7, 11) is -0.622. The van der Waals surface area contributed by atoms with E-state index in [1.165, 1.54) is 6.20 Å². The molecule has 1 aromatic carbocycles. The molecule has 2 N–H and O–H groups in total. The van der Waals surface area contributed by atoms with Crippen molar-refractivity contribution in [3.8, 4) is 0 Å². The quantitative estimate of drug-likeness (QED) is 0.834. The molecular weight excluding hydrogens is 296 g/mol. The van der Waals surface area contributed by atoms with Gasteiger partial charge in [-0.2, -0.15) is 10.9 Å². The van der Waals surface area contributed by atoms with E-state index in [0.29, 0.717) is 12.2 Å². The highest BCUT2D eigenvalue weighted by molar-refractivity contribution is 8.22. The van der Waals surface area contributed by atoms with Crippen LogP contribution in [0.25, 0.3) is 0 Å². The molecule has 1 atom stereocenters. The average Bonchev–Trinajstić information content (AvgIpc) is 3.03. The highest BCUT2D eigenvalue weighted by atomic mass is 32.2. The van der Waals surface area contributed by atoms with Crippen molar-refractivity contribution in [2.75, 3.05) is 0 Å². The number of amides is 1. The van der Waals surface area contributed by atoms with Crippen molar-refractivity contribution >= 4 is 16.8 Å². The minimum Gasteiger partial charge on any atom is -0.488 e. The van der Waals surface area contributed by atoms with Gasteiger partial charge in [-0.15, -0.1) is 0 Å². The molecular formula is C17H16N2O2S. The summed E-state index contributed by atoms with van der Waals surface area (Å²) in [5.74, 6) is 0.395. The van der Waals surface area contributed by atoms with Crippen molar-refractivity contribution < 1.29 is 9.53 Å². The number of nitrogens with two attached hydrogens (primary N) is 1. The Labute approximate surface area is 131 Å². The van der Waals surface area contributed by atoms with E-state index in [1.807, 2.05) is 42.5 Å². The Morgan fingerprint density at radius 2 is 2.00 bits per heavy atom. The van der Waals surface area contributed by atoms with Crippen LogP contribution in [0.1, 0.15) is 15.9 Å². The van der Waals surface area contributed by atoms with Crippen molar-refractivity contribution in [2.45, 2.75) is 11.6 Å². The number of hydrogen-bond acceptors (Lipinski definition) is 3. The summed E-state index contributed by atoms with van der Waals surface area (Å²) >= 11 is 0. The first-order valence-electron chi connectivity index (χ1n) is 6.83. The molecule has 1 unspecified atom stereocenters. The molecule has 1 aliphatic heterocycles. The minimum absolute atomic E-state index is 0.423. The number of nitrogens with zero attached hydrogens (tertiary/aromatic N) is 1. The predicted octanol–water partition coefficient (Wildman–Crippen LogP) is 3.13. The highest BCUT2D eigenvalue weighted by Crippen LogP contribution is 2.43. The summed E-state index contributed by atoms with van der Waals surface area (Å²) in [6, 6.07) is 13.6. The Balaban J connectivity index is 1.64. The van der Waals surface area contributed by atoms with Crippen LogP contribution in [0.5, 0.6) is 0 Å². The van der Waals surface area contributed by atoms with Crippen molar-refractivity contribution in [3.63, 3.8) is 0 Å². The number of carbonyl (C=O) groups excluding carboxylic acids is 1. The first kappa shape index (κ1) is 14.4. The van der Waals surface area contributed by atoms with Gasteiger partial charge < -0.3 is 10.5 Å². The first-order chi connectivity index (χ1) is 10.7. The van der Waals surface area contributed by atoms with Crippen LogP contribution >= 0.6 is 10.9 Å². The molecule has 0 spiro atoms. The maximum atomic E-state index is 11.0. The largest absolute Gasteiger partial charge is 0.488 e. The fourth-order valence-electron chi connectivity index (χ4n) is 2.03. The maximum absolute atomic E-state index is 11.0. The van der Waals surface area contributed by atoms with E-state index in [1.54, 1.807) is 6.07 Å². The Morgan fingerprint density at radius 1 is 1.18 bits per heavy atom. The second kappa shape index (κ2) is 6.49. The van der Waals surface area contributed by atoms with E-state index in [4.69, 9.17) is 10.5 Å². The first-order valence-corrected chi connectivity index (χ1v) is 8.31. The molecule has 22 heavy (non-hydrogen) atoms. The molecule has 0 saturated heterocycles. The molecule has 2 heterocycles. The average molecular weight is 312 g/mol. The molecule has 0 bridgehead atoms. The van der Waals surface area contributed by atoms with E-state index >= 15 is 0 Å². The van der Waals surface area contributed by atoms with Gasteiger partial charge in [-0.3, -0.25) is 9.78 Å². The summed E-state index contributed by atoms with van der Waals surface area (Å²) in [5.41, 5.74) is 6.77. The zero-order valence-electron chi connectivity index (χ0n) is 11.8. The molecule has 0 saturated carbocycles. The molecule has 0 fully saturated rings. The van der Waals surface area contributed by atoms with Gasteiger partial charge in [0.05, 0.1) is 10.6 Å². The Kier molecular flexibility index (Phi) is 4.25. The second-order valence-corrected chi connectivity index (χ2v) is 6.63. The fraction of sp³-hybridized carbons (Fsp3) is 0.0588. The van der Waals surface area contributed by atoms with Gasteiger partial charge in [-0.1, -0.05) is 30.3 Å². The van der Waals surface area contributed by atoms with E-state index in [0.717, 1.165) is 16.3 Å². The van der Waals surface area contributed by atoms with Gasteiger partial charge in [0.15, 0.2) is 0 Å². The lowest BCUT2D eigenvalue weighted by atomic mass is 10.2. The lowest BCUT2D eigenvalue weighted by Crippen LogP contribution is -2.10. The Morgan fingerprint density at radius 3 is 2.68 bits per heavy atom. The van der Waals surface area contributed by atoms with E-state index < -0.39 is 16.8 Å². The van der Waals surface area contributed by atoms with Crippen molar-refractivity contribution in [1.82, 2.24) is 4.98 Å². The molecule has 1 aliphatic rings. The van der Waals surface area contributed by atoms with E-state index in [9.17, 15) is 4.79 Å². The number of ether oxygens (including phenoxy) is 1. The van der Waals surface area contributed by atoms with Crippen LogP contribution in [0.15, 0.2) is 76.3 Å². The summed E-state index contributed by atoms with van der Waals surface area (Å²) < 4.78 is 5.79. The Bertz CT molecular complexity index is 724. The highest BCUT2D eigenvalue weighted by Gasteiger charge is 2.11. The molecule has 1 aromatic heterocycles. The van der Waals surface area contributed by atoms with Crippen LogP contribution in [0, 0.1) is 0 Å². The van der Waals surface area contributed by atoms with Gasteiger partial charge in [0.1, 0.15) is 12.4 Å². The van der Waals surface area contributed by atoms with Gasteiger partial charge >= 0.3 is 0 Å². The van der Waals surface area contributed by atoms with Crippen LogP contribution in [0.4, 0.5) is 0 Å². The molecule has 4 nitrogen and oxygen atoms in total. The number of carbonyl (C=O) groups is 1. The van der Waals surface area contributed by atoms with Crippen LogP contribution in [-0.2, 0) is 11.3 Å². The number of pyridine rings is 1. The monoisotopic (exact) mass is 312 g/mol. The van der Waals surface area contributed by atoms with Crippen molar-refractivity contribution in [3.05, 3.63) is 82.4 Å². The zero-order valence-corrected chi connectivity index (χ0v) is 12.7. The van der Waals surface area contributed by atoms with Gasteiger partial charge in [0.25, 0.3) is 0 Å². The number of thiol groups is 1. The van der Waals surface area contributed by atoms with Crippen molar-refractivity contribution in [2.24, 2.45) is 5.73 Å². The summed E-state index contributed by atoms with van der Waals surface area (Å²) in [5, 5.41) is 5.08. The van der Waals surface area contributed by atoms with Crippen LogP contribution in [0.3, 0.4) is 0 Å². The topological polar surface area (TPSA) is 65.2 Å². The number of primary amides is 1. The smallest absolute Gasteiger partial charge is 0.250 e. The second-order valence-electron chi connectivity index (χ2n) is 4.80. The molecule has 0 radical (unpaired) electrons. The number of rotatable bonds is 5. The number of allylic oxidation sites excluding steroid dienone is 1. The molecule has 2 aromatic rings. The van der Waals surface area contributed by atoms with E-state index in [-0.39, 0.29) is 0 Å². The number of benzene rings is 1. The van der Waals surface area contributed by atoms with E-state index in [2.05, 4.69) is 15.8 Å². The molecule has 1 amide bonds. The SMILES string of the molecule is NC(=O)c1ccc([SH]2C=CC(OCc3ccccc3)=C2)nc1. The van der Waals surface area contributed by atoms with Crippen molar-refractivity contribution in [1.29, 1.82) is 0 Å². The lowest BCUT2D eigenvalue weighted by Gasteiger charge is -2.09. The normalized spacial score (nSPS) is 18.0. The van der Waals surface area contributed by atoms with Crippen LogP contribution in [0.2, 0.25) is 0 Å². The minimum atomic E-state index is -0.622. The molecule has 0 aliphatic carbocycles. The third kappa shape index (κ3) is 3.38. The lowest BCUT2D eigenvalue weighted by molar-refractivity contribution is 0.1000. The maximum Gasteiger partial charge on any atom is 0.250 e. The number of aromatic nitrogens is 1. The third-order valence-electron chi connectivity index (χ3n) is 3.21. The van der Waals surface area contributed by atoms with Gasteiger partial charge in [0.2, 0.25) is 5.91 Å². The van der Waals surface area contributed by atoms with Crippen LogP contribution in [-0.4, -0.2) is 10.9 Å². The molecule has 3 rings (SSSR count). The fourth-order valence-corrected chi connectivity index (χ4v) is 3.58. The van der Waals surface area contributed by atoms with Gasteiger partial charge in [0, 0.05) is 11.6 Å². The molecule has 5 heteroatoms. The predicted molar refractivity (Wildman–Crippen MR) is 88.5 cm³/mol. The van der Waals surface area contributed by atoms with Gasteiger partial charge in [-0.05, 0) is 29.2 Å². The van der Waals surface area contributed by atoms with Crippen LogP contribution < -0.4 is 5.73 Å². The summed E-state index contributed by atoms with van der Waals surface area (Å²) in [6.45, 7) is 0.550. The number of hydrogen-bond donors (Lipinski definition) is 2.